The van der Waals surface area contributed by atoms with Gasteiger partial charge < -0.3 is 5.32 Å². The first-order valence-corrected chi connectivity index (χ1v) is 8.19. The maximum absolute atomic E-state index is 12.5. The summed E-state index contributed by atoms with van der Waals surface area (Å²) in [6, 6.07) is 0.0474. The van der Waals surface area contributed by atoms with Crippen molar-refractivity contribution in [1.82, 2.24) is 13.9 Å². The third-order valence-electron chi connectivity index (χ3n) is 3.42. The fraction of sp³-hybridized carbons (Fsp3) is 1.00. The highest BCUT2D eigenvalue weighted by Gasteiger charge is 2.30. The molecule has 0 radical (unpaired) electrons. The van der Waals surface area contributed by atoms with Gasteiger partial charge >= 0.3 is 0 Å². The van der Waals surface area contributed by atoms with Crippen molar-refractivity contribution in [3.05, 3.63) is 0 Å². The van der Waals surface area contributed by atoms with E-state index in [1.807, 2.05) is 6.92 Å². The Balaban J connectivity index is 2.71. The van der Waals surface area contributed by atoms with Crippen molar-refractivity contribution in [2.24, 2.45) is 5.92 Å². The van der Waals surface area contributed by atoms with Crippen molar-refractivity contribution in [3.8, 4) is 0 Å². The van der Waals surface area contributed by atoms with Gasteiger partial charge in [-0.1, -0.05) is 13.8 Å². The molecule has 1 heterocycles. The maximum Gasteiger partial charge on any atom is 0.282 e. The van der Waals surface area contributed by atoms with Crippen molar-refractivity contribution >= 4 is 10.2 Å². The van der Waals surface area contributed by atoms with Crippen LogP contribution in [0.1, 0.15) is 33.6 Å². The third kappa shape index (κ3) is 4.19. The smallest absolute Gasteiger partial charge is 0.282 e. The molecule has 18 heavy (non-hydrogen) atoms. The van der Waals surface area contributed by atoms with E-state index in [9.17, 15) is 8.42 Å². The summed E-state index contributed by atoms with van der Waals surface area (Å²) in [6.45, 7) is 9.05. The van der Waals surface area contributed by atoms with E-state index in [4.69, 9.17) is 0 Å². The second-order valence-electron chi connectivity index (χ2n) is 5.51. The summed E-state index contributed by atoms with van der Waals surface area (Å²) >= 11 is 0. The van der Waals surface area contributed by atoms with Gasteiger partial charge in [-0.2, -0.15) is 17.0 Å². The summed E-state index contributed by atoms with van der Waals surface area (Å²) in [5.41, 5.74) is 0. The van der Waals surface area contributed by atoms with E-state index in [-0.39, 0.29) is 6.04 Å². The Labute approximate surface area is 112 Å². The Morgan fingerprint density at radius 1 is 1.22 bits per heavy atom. The van der Waals surface area contributed by atoms with Crippen LogP contribution in [0, 0.1) is 5.92 Å². The quantitative estimate of drug-likeness (QED) is 0.812. The molecule has 1 aliphatic heterocycles. The van der Waals surface area contributed by atoms with E-state index in [1.165, 1.54) is 4.31 Å². The van der Waals surface area contributed by atoms with Crippen LogP contribution in [0.4, 0.5) is 0 Å². The number of nitrogens with one attached hydrogen (secondary N) is 1. The van der Waals surface area contributed by atoms with Gasteiger partial charge in [-0.15, -0.1) is 0 Å². The van der Waals surface area contributed by atoms with Gasteiger partial charge in [0.15, 0.2) is 0 Å². The second kappa shape index (κ2) is 6.84. The lowest BCUT2D eigenvalue weighted by Gasteiger charge is -2.31. The molecule has 1 rings (SSSR count). The molecule has 0 aromatic rings. The van der Waals surface area contributed by atoms with E-state index < -0.39 is 10.2 Å². The van der Waals surface area contributed by atoms with E-state index >= 15 is 0 Å². The average molecular weight is 277 g/mol. The van der Waals surface area contributed by atoms with Crippen LogP contribution in [0.25, 0.3) is 0 Å². The summed E-state index contributed by atoms with van der Waals surface area (Å²) in [5.74, 6) is 0.503. The molecular formula is C12H27N3O2S. The zero-order chi connectivity index (χ0) is 13.8. The minimum atomic E-state index is -3.30. The van der Waals surface area contributed by atoms with E-state index in [0.29, 0.717) is 19.0 Å². The van der Waals surface area contributed by atoms with Crippen molar-refractivity contribution in [2.75, 3.05) is 33.2 Å². The summed E-state index contributed by atoms with van der Waals surface area (Å²) in [7, 11) is -1.61. The lowest BCUT2D eigenvalue weighted by molar-refractivity contribution is 0.303. The fourth-order valence-corrected chi connectivity index (χ4v) is 3.88. The first-order valence-electron chi connectivity index (χ1n) is 6.79. The summed E-state index contributed by atoms with van der Waals surface area (Å²) in [4.78, 5) is 0. The van der Waals surface area contributed by atoms with E-state index in [0.717, 1.165) is 25.9 Å². The third-order valence-corrected chi connectivity index (χ3v) is 5.53. The normalized spacial score (nSPS) is 21.2. The Morgan fingerprint density at radius 3 is 2.50 bits per heavy atom. The summed E-state index contributed by atoms with van der Waals surface area (Å²) in [5, 5.41) is 3.23. The summed E-state index contributed by atoms with van der Waals surface area (Å²) < 4.78 is 28.1. The molecule has 0 spiro atoms. The predicted molar refractivity (Wildman–Crippen MR) is 74.7 cm³/mol. The number of hydrogen-bond donors (Lipinski definition) is 1. The molecule has 0 saturated carbocycles. The van der Waals surface area contributed by atoms with Gasteiger partial charge in [0.05, 0.1) is 0 Å². The summed E-state index contributed by atoms with van der Waals surface area (Å²) in [6.07, 6.45) is 1.77. The largest absolute Gasteiger partial charge is 0.315 e. The molecule has 1 saturated heterocycles. The monoisotopic (exact) mass is 277 g/mol. The van der Waals surface area contributed by atoms with Crippen LogP contribution in [-0.2, 0) is 10.2 Å². The molecule has 6 heteroatoms. The van der Waals surface area contributed by atoms with Crippen molar-refractivity contribution in [3.63, 3.8) is 0 Å². The Hall–Kier alpha value is -0.170. The van der Waals surface area contributed by atoms with Crippen LogP contribution in [0.15, 0.2) is 0 Å². The van der Waals surface area contributed by atoms with Crippen molar-refractivity contribution in [2.45, 2.75) is 39.7 Å². The lowest BCUT2D eigenvalue weighted by Crippen LogP contribution is -2.47. The minimum absolute atomic E-state index is 0.0474. The SMILES string of the molecule is CC(C)CC(C)N(C)S(=O)(=O)N1CCCNCC1. The Bertz CT molecular complexity index is 335. The molecule has 0 bridgehead atoms. The number of hydrogen-bond acceptors (Lipinski definition) is 3. The second-order valence-corrected chi connectivity index (χ2v) is 7.49. The Morgan fingerprint density at radius 2 is 1.89 bits per heavy atom. The number of rotatable bonds is 5. The van der Waals surface area contributed by atoms with Gasteiger partial charge in [0.2, 0.25) is 0 Å². The average Bonchev–Trinajstić information content (AvgIpc) is 2.55. The van der Waals surface area contributed by atoms with Crippen LogP contribution in [-0.4, -0.2) is 56.3 Å². The van der Waals surface area contributed by atoms with Gasteiger partial charge in [-0.3, -0.25) is 0 Å². The first-order chi connectivity index (χ1) is 8.35. The van der Waals surface area contributed by atoms with Crippen LogP contribution in [0.3, 0.4) is 0 Å². The highest BCUT2D eigenvalue weighted by Crippen LogP contribution is 2.16. The van der Waals surface area contributed by atoms with Crippen LogP contribution in [0.2, 0.25) is 0 Å². The molecule has 1 atom stereocenters. The zero-order valence-electron chi connectivity index (χ0n) is 12.0. The topological polar surface area (TPSA) is 52.7 Å². The molecule has 1 fully saturated rings. The molecule has 0 aromatic carbocycles. The predicted octanol–water partition coefficient (Wildman–Crippen LogP) is 0.893. The van der Waals surface area contributed by atoms with Gasteiger partial charge in [0.1, 0.15) is 0 Å². The van der Waals surface area contributed by atoms with E-state index in [1.54, 1.807) is 11.4 Å². The molecule has 1 N–H and O–H groups in total. The van der Waals surface area contributed by atoms with Crippen molar-refractivity contribution < 1.29 is 8.42 Å². The Kier molecular flexibility index (Phi) is 6.04. The van der Waals surface area contributed by atoms with Crippen molar-refractivity contribution in [1.29, 1.82) is 0 Å². The standard InChI is InChI=1S/C12H27N3O2S/c1-11(2)10-12(3)14(4)18(16,17)15-8-5-6-13-7-9-15/h11-13H,5-10H2,1-4H3. The zero-order valence-corrected chi connectivity index (χ0v) is 12.8. The van der Waals surface area contributed by atoms with Gasteiger partial charge in [0.25, 0.3) is 10.2 Å². The first kappa shape index (κ1) is 15.9. The molecule has 5 nitrogen and oxygen atoms in total. The molecular weight excluding hydrogens is 250 g/mol. The number of nitrogens with zero attached hydrogens (tertiary/aromatic N) is 2. The fourth-order valence-electron chi connectivity index (χ4n) is 2.29. The van der Waals surface area contributed by atoms with Crippen LogP contribution >= 0.6 is 0 Å². The van der Waals surface area contributed by atoms with Crippen LogP contribution < -0.4 is 5.32 Å². The van der Waals surface area contributed by atoms with Gasteiger partial charge in [0, 0.05) is 32.7 Å². The molecule has 0 aliphatic carbocycles. The maximum atomic E-state index is 12.5. The molecule has 108 valence electrons. The van der Waals surface area contributed by atoms with Gasteiger partial charge in [-0.25, -0.2) is 0 Å². The van der Waals surface area contributed by atoms with Crippen LogP contribution in [0.5, 0.6) is 0 Å². The lowest BCUT2D eigenvalue weighted by atomic mass is 10.1. The van der Waals surface area contributed by atoms with Gasteiger partial charge in [-0.05, 0) is 32.2 Å². The van der Waals surface area contributed by atoms with E-state index in [2.05, 4.69) is 19.2 Å². The molecule has 0 aromatic heterocycles. The highest BCUT2D eigenvalue weighted by atomic mass is 32.2. The molecule has 0 amide bonds. The highest BCUT2D eigenvalue weighted by molar-refractivity contribution is 7.86. The minimum Gasteiger partial charge on any atom is -0.315 e. The molecule has 1 unspecified atom stereocenters. The molecule has 1 aliphatic rings.